The average Bonchev–Trinajstić information content (AvgIpc) is 3.09. The lowest BCUT2D eigenvalue weighted by Crippen LogP contribution is -2.47. The van der Waals surface area contributed by atoms with E-state index in [-0.39, 0.29) is 0 Å². The number of hydrogen-bond donors (Lipinski definition) is 1. The number of rotatable bonds is 5. The highest BCUT2D eigenvalue weighted by molar-refractivity contribution is 5.74. The van der Waals surface area contributed by atoms with Crippen molar-refractivity contribution in [3.63, 3.8) is 0 Å². The van der Waals surface area contributed by atoms with Crippen LogP contribution in [-0.4, -0.2) is 56.7 Å². The molecule has 1 saturated heterocycles. The van der Waals surface area contributed by atoms with E-state index in [1.807, 2.05) is 17.6 Å². The van der Waals surface area contributed by atoms with Crippen molar-refractivity contribution in [3.8, 4) is 0 Å². The number of fused-ring (bicyclic) bond motifs is 1. The Morgan fingerprint density at radius 1 is 1.14 bits per heavy atom. The summed E-state index contributed by atoms with van der Waals surface area (Å²) >= 11 is 0. The Morgan fingerprint density at radius 3 is 2.48 bits per heavy atom. The van der Waals surface area contributed by atoms with Crippen molar-refractivity contribution in [3.05, 3.63) is 68.9 Å². The summed E-state index contributed by atoms with van der Waals surface area (Å²) < 4.78 is 3.33. The van der Waals surface area contributed by atoms with Crippen LogP contribution in [0.5, 0.6) is 0 Å². The van der Waals surface area contributed by atoms with Crippen LogP contribution in [0.2, 0.25) is 0 Å². The first-order valence-electron chi connectivity index (χ1n) is 9.81. The van der Waals surface area contributed by atoms with E-state index in [0.29, 0.717) is 17.7 Å². The fourth-order valence-corrected chi connectivity index (χ4v) is 3.80. The third-order valence-corrected chi connectivity index (χ3v) is 5.49. The molecule has 0 saturated carbocycles. The van der Waals surface area contributed by atoms with Crippen LogP contribution in [0.25, 0.3) is 11.2 Å². The Kier molecular flexibility index (Phi) is 5.10. The van der Waals surface area contributed by atoms with Crippen molar-refractivity contribution < 1.29 is 0 Å². The molecular weight excluding hydrogens is 368 g/mol. The third kappa shape index (κ3) is 3.63. The number of benzene rings is 1. The Balaban J connectivity index is 1.80. The Hall–Kier alpha value is -3.13. The lowest BCUT2D eigenvalue weighted by molar-refractivity contribution is 0.282. The molecule has 1 aliphatic rings. The SMILES string of the molecule is C=CCN1CCN(c2nc3c(c(=O)[nH]c(=O)n3C)n2Cc2ccc(C)cc2)CC1. The first-order valence-corrected chi connectivity index (χ1v) is 9.81. The highest BCUT2D eigenvalue weighted by atomic mass is 16.2. The third-order valence-electron chi connectivity index (χ3n) is 5.49. The largest absolute Gasteiger partial charge is 0.340 e. The van der Waals surface area contributed by atoms with Gasteiger partial charge in [-0.2, -0.15) is 4.98 Å². The lowest BCUT2D eigenvalue weighted by atomic mass is 10.1. The number of hydrogen-bond acceptors (Lipinski definition) is 5. The van der Waals surface area contributed by atoms with Gasteiger partial charge in [0.05, 0.1) is 6.54 Å². The van der Waals surface area contributed by atoms with Gasteiger partial charge < -0.3 is 4.90 Å². The van der Waals surface area contributed by atoms with E-state index in [4.69, 9.17) is 4.98 Å². The van der Waals surface area contributed by atoms with Gasteiger partial charge in [0.15, 0.2) is 11.2 Å². The first-order chi connectivity index (χ1) is 14.0. The number of nitrogens with one attached hydrogen (secondary N) is 1. The zero-order valence-corrected chi connectivity index (χ0v) is 16.9. The summed E-state index contributed by atoms with van der Waals surface area (Å²) in [7, 11) is 1.63. The fraction of sp³-hybridized carbons (Fsp3) is 0.381. The quantitative estimate of drug-likeness (QED) is 0.656. The smallest absolute Gasteiger partial charge is 0.329 e. The maximum Gasteiger partial charge on any atom is 0.329 e. The molecule has 0 bridgehead atoms. The van der Waals surface area contributed by atoms with Crippen molar-refractivity contribution in [1.29, 1.82) is 0 Å². The second kappa shape index (κ2) is 7.71. The van der Waals surface area contributed by atoms with E-state index in [9.17, 15) is 9.59 Å². The first kappa shape index (κ1) is 19.2. The summed E-state index contributed by atoms with van der Waals surface area (Å²) in [6.45, 7) is 10.6. The molecule has 0 spiro atoms. The molecule has 1 N–H and O–H groups in total. The Bertz CT molecular complexity index is 1150. The molecule has 4 rings (SSSR count). The van der Waals surface area contributed by atoms with Crippen LogP contribution < -0.4 is 16.1 Å². The molecule has 0 radical (unpaired) electrons. The van der Waals surface area contributed by atoms with Crippen molar-refractivity contribution in [2.75, 3.05) is 37.6 Å². The van der Waals surface area contributed by atoms with Crippen LogP contribution >= 0.6 is 0 Å². The molecule has 1 aliphatic heterocycles. The summed E-state index contributed by atoms with van der Waals surface area (Å²) in [5, 5.41) is 0. The number of piperazine rings is 1. The number of aryl methyl sites for hydroxylation is 2. The zero-order chi connectivity index (χ0) is 20.5. The minimum atomic E-state index is -0.454. The molecule has 1 aromatic carbocycles. The van der Waals surface area contributed by atoms with E-state index in [2.05, 4.69) is 45.6 Å². The molecule has 8 nitrogen and oxygen atoms in total. The summed E-state index contributed by atoms with van der Waals surface area (Å²) in [6.07, 6.45) is 1.91. The van der Waals surface area contributed by atoms with Crippen molar-refractivity contribution in [2.45, 2.75) is 13.5 Å². The standard InChI is InChI=1S/C21H26N6O2/c1-4-9-25-10-12-26(13-11-25)20-22-18-17(19(28)23-21(29)24(18)3)27(20)14-16-7-5-15(2)6-8-16/h4-8H,1,9-14H2,2-3H3,(H,23,28,29). The van der Waals surface area contributed by atoms with E-state index in [0.717, 1.165) is 44.2 Å². The van der Waals surface area contributed by atoms with Crippen LogP contribution in [0.1, 0.15) is 11.1 Å². The molecule has 1 fully saturated rings. The Morgan fingerprint density at radius 2 is 1.83 bits per heavy atom. The van der Waals surface area contributed by atoms with Gasteiger partial charge in [-0.1, -0.05) is 35.9 Å². The minimum Gasteiger partial charge on any atom is -0.340 e. The van der Waals surface area contributed by atoms with Crippen LogP contribution in [0.15, 0.2) is 46.5 Å². The van der Waals surface area contributed by atoms with Crippen LogP contribution in [0.3, 0.4) is 0 Å². The molecule has 0 atom stereocenters. The van der Waals surface area contributed by atoms with Gasteiger partial charge in [-0.25, -0.2) is 4.79 Å². The van der Waals surface area contributed by atoms with Gasteiger partial charge in [-0.15, -0.1) is 6.58 Å². The maximum absolute atomic E-state index is 12.7. The summed E-state index contributed by atoms with van der Waals surface area (Å²) in [4.78, 5) is 36.4. The Labute approximate surface area is 168 Å². The van der Waals surface area contributed by atoms with E-state index in [1.54, 1.807) is 7.05 Å². The van der Waals surface area contributed by atoms with Gasteiger partial charge in [0.2, 0.25) is 5.95 Å². The molecule has 2 aromatic heterocycles. The van der Waals surface area contributed by atoms with Crippen molar-refractivity contribution in [1.82, 2.24) is 24.0 Å². The second-order valence-corrected chi connectivity index (χ2v) is 7.55. The lowest BCUT2D eigenvalue weighted by Gasteiger charge is -2.34. The van der Waals surface area contributed by atoms with Gasteiger partial charge in [-0.05, 0) is 12.5 Å². The molecule has 29 heavy (non-hydrogen) atoms. The predicted octanol–water partition coefficient (Wildman–Crippen LogP) is 1.09. The number of aromatic amines is 1. The molecule has 0 unspecified atom stereocenters. The van der Waals surface area contributed by atoms with Gasteiger partial charge in [0.1, 0.15) is 0 Å². The molecule has 3 aromatic rings. The summed E-state index contributed by atoms with van der Waals surface area (Å²) in [6, 6.07) is 8.23. The van der Waals surface area contributed by atoms with Crippen molar-refractivity contribution in [2.24, 2.45) is 7.05 Å². The van der Waals surface area contributed by atoms with Gasteiger partial charge >= 0.3 is 5.69 Å². The predicted molar refractivity (Wildman–Crippen MR) is 115 cm³/mol. The molecule has 0 aliphatic carbocycles. The fourth-order valence-electron chi connectivity index (χ4n) is 3.80. The molecule has 0 amide bonds. The topological polar surface area (TPSA) is 79.2 Å². The summed E-state index contributed by atoms with van der Waals surface area (Å²) in [5.74, 6) is 0.727. The minimum absolute atomic E-state index is 0.403. The summed E-state index contributed by atoms with van der Waals surface area (Å²) in [5.41, 5.74) is 2.24. The number of anilines is 1. The van der Waals surface area contributed by atoms with Crippen molar-refractivity contribution >= 4 is 17.1 Å². The molecular formula is C21H26N6O2. The zero-order valence-electron chi connectivity index (χ0n) is 16.9. The van der Waals surface area contributed by atoms with E-state index in [1.165, 1.54) is 10.1 Å². The normalized spacial score (nSPS) is 15.2. The maximum atomic E-state index is 12.7. The average molecular weight is 394 g/mol. The highest BCUT2D eigenvalue weighted by Gasteiger charge is 2.24. The number of imidazole rings is 1. The van der Waals surface area contributed by atoms with E-state index < -0.39 is 11.2 Å². The van der Waals surface area contributed by atoms with Crippen LogP contribution in [0.4, 0.5) is 5.95 Å². The molecule has 8 heteroatoms. The van der Waals surface area contributed by atoms with E-state index >= 15 is 0 Å². The van der Waals surface area contributed by atoms with Gasteiger partial charge in [0.25, 0.3) is 5.56 Å². The number of H-pyrrole nitrogens is 1. The highest BCUT2D eigenvalue weighted by Crippen LogP contribution is 2.22. The number of aromatic nitrogens is 4. The second-order valence-electron chi connectivity index (χ2n) is 7.55. The molecule has 152 valence electrons. The van der Waals surface area contributed by atoms with Gasteiger partial charge in [0, 0.05) is 39.8 Å². The van der Waals surface area contributed by atoms with Crippen LogP contribution in [0, 0.1) is 6.92 Å². The van der Waals surface area contributed by atoms with Crippen LogP contribution in [-0.2, 0) is 13.6 Å². The van der Waals surface area contributed by atoms with Gasteiger partial charge in [-0.3, -0.25) is 23.8 Å². The molecule has 3 heterocycles. The number of nitrogens with zero attached hydrogens (tertiary/aromatic N) is 5. The monoisotopic (exact) mass is 394 g/mol.